The lowest BCUT2D eigenvalue weighted by molar-refractivity contribution is 0.271. The molecule has 0 unspecified atom stereocenters. The van der Waals surface area contributed by atoms with E-state index in [4.69, 9.17) is 4.74 Å². The Labute approximate surface area is 141 Å². The molecule has 1 aromatic carbocycles. The number of pyridine rings is 1. The molecule has 0 spiro atoms. The van der Waals surface area contributed by atoms with E-state index in [9.17, 15) is 0 Å². The zero-order chi connectivity index (χ0) is 16.2. The molecule has 3 aromatic rings. The maximum Gasteiger partial charge on any atom is 0.137 e. The number of hydrogen-bond donors (Lipinski definition) is 1. The third-order valence-corrected chi connectivity index (χ3v) is 4.49. The molecule has 3 heterocycles. The molecule has 0 saturated heterocycles. The summed E-state index contributed by atoms with van der Waals surface area (Å²) in [7, 11) is 0. The van der Waals surface area contributed by atoms with Gasteiger partial charge < -0.3 is 9.72 Å². The van der Waals surface area contributed by atoms with Crippen LogP contribution >= 0.6 is 0 Å². The molecule has 0 saturated carbocycles. The van der Waals surface area contributed by atoms with Crippen molar-refractivity contribution >= 4 is 11.0 Å². The van der Waals surface area contributed by atoms with Crippen LogP contribution in [0.2, 0.25) is 0 Å². The van der Waals surface area contributed by atoms with Gasteiger partial charge in [-0.1, -0.05) is 24.3 Å². The summed E-state index contributed by atoms with van der Waals surface area (Å²) in [4.78, 5) is 10.1. The van der Waals surface area contributed by atoms with Crippen LogP contribution in [0.25, 0.3) is 11.0 Å². The van der Waals surface area contributed by atoms with E-state index in [-0.39, 0.29) is 0 Å². The van der Waals surface area contributed by atoms with Crippen molar-refractivity contribution in [3.05, 3.63) is 72.1 Å². The van der Waals surface area contributed by atoms with E-state index in [1.54, 1.807) is 0 Å². The number of benzene rings is 1. The molecule has 0 amide bonds. The average molecular weight is 319 g/mol. The Kier molecular flexibility index (Phi) is 4.30. The monoisotopic (exact) mass is 319 g/mol. The van der Waals surface area contributed by atoms with Crippen LogP contribution in [0.5, 0.6) is 5.75 Å². The molecule has 0 bridgehead atoms. The SMILES string of the molecule is C1=C(COc2ccccc2)CCN(Cc2c[nH]c3ncccc23)C1. The molecule has 1 aliphatic heterocycles. The van der Waals surface area contributed by atoms with Crippen LogP contribution in [-0.2, 0) is 6.54 Å². The number of fused-ring (bicyclic) bond motifs is 1. The zero-order valence-corrected chi connectivity index (χ0v) is 13.6. The van der Waals surface area contributed by atoms with Crippen molar-refractivity contribution in [3.63, 3.8) is 0 Å². The van der Waals surface area contributed by atoms with Crippen LogP contribution in [0, 0.1) is 0 Å². The van der Waals surface area contributed by atoms with Gasteiger partial charge >= 0.3 is 0 Å². The highest BCUT2D eigenvalue weighted by Crippen LogP contribution is 2.20. The summed E-state index contributed by atoms with van der Waals surface area (Å²) in [6.45, 7) is 3.68. The summed E-state index contributed by atoms with van der Waals surface area (Å²) in [6, 6.07) is 14.1. The highest BCUT2D eigenvalue weighted by atomic mass is 16.5. The van der Waals surface area contributed by atoms with Crippen molar-refractivity contribution in [2.45, 2.75) is 13.0 Å². The smallest absolute Gasteiger partial charge is 0.137 e. The molecule has 0 atom stereocenters. The first kappa shape index (κ1) is 15.0. The minimum Gasteiger partial charge on any atom is -0.489 e. The van der Waals surface area contributed by atoms with Gasteiger partial charge in [-0.3, -0.25) is 4.90 Å². The van der Waals surface area contributed by atoms with Crippen molar-refractivity contribution in [2.24, 2.45) is 0 Å². The molecule has 4 rings (SSSR count). The molecule has 2 aromatic heterocycles. The average Bonchev–Trinajstić information content (AvgIpc) is 3.05. The standard InChI is InChI=1S/C20H21N3O/c1-2-5-18(6-3-1)24-15-16-8-11-23(12-9-16)14-17-13-22-20-19(17)7-4-10-21-20/h1-8,10,13H,9,11-12,14-15H2,(H,21,22). The fourth-order valence-corrected chi connectivity index (χ4v) is 3.11. The molecule has 4 heteroatoms. The highest BCUT2D eigenvalue weighted by molar-refractivity contribution is 5.79. The fourth-order valence-electron chi connectivity index (χ4n) is 3.11. The number of ether oxygens (including phenoxy) is 1. The first-order chi connectivity index (χ1) is 11.9. The second-order valence-corrected chi connectivity index (χ2v) is 6.16. The molecule has 1 aliphatic rings. The van der Waals surface area contributed by atoms with Gasteiger partial charge in [-0.05, 0) is 41.8 Å². The van der Waals surface area contributed by atoms with Crippen molar-refractivity contribution < 1.29 is 4.74 Å². The van der Waals surface area contributed by atoms with Gasteiger partial charge in [-0.25, -0.2) is 4.98 Å². The van der Waals surface area contributed by atoms with Crippen molar-refractivity contribution in [1.82, 2.24) is 14.9 Å². The lowest BCUT2D eigenvalue weighted by Crippen LogP contribution is -2.29. The molecule has 24 heavy (non-hydrogen) atoms. The van der Waals surface area contributed by atoms with Gasteiger partial charge in [0.2, 0.25) is 0 Å². The zero-order valence-electron chi connectivity index (χ0n) is 13.6. The Balaban J connectivity index is 1.34. The molecule has 0 radical (unpaired) electrons. The number of nitrogens with zero attached hydrogens (tertiary/aromatic N) is 2. The predicted molar refractivity (Wildman–Crippen MR) is 96.0 cm³/mol. The van der Waals surface area contributed by atoms with Crippen molar-refractivity contribution in [2.75, 3.05) is 19.7 Å². The first-order valence-electron chi connectivity index (χ1n) is 8.37. The minimum atomic E-state index is 0.689. The van der Waals surface area contributed by atoms with Crippen molar-refractivity contribution in [3.8, 4) is 5.75 Å². The van der Waals surface area contributed by atoms with Crippen LogP contribution < -0.4 is 4.74 Å². The Morgan fingerprint density at radius 1 is 1.12 bits per heavy atom. The van der Waals surface area contributed by atoms with Gasteiger partial charge in [0.25, 0.3) is 0 Å². The third-order valence-electron chi connectivity index (χ3n) is 4.49. The largest absolute Gasteiger partial charge is 0.489 e. The van der Waals surface area contributed by atoms with E-state index < -0.39 is 0 Å². The van der Waals surface area contributed by atoms with Gasteiger partial charge in [0.1, 0.15) is 18.0 Å². The van der Waals surface area contributed by atoms with Crippen LogP contribution in [-0.4, -0.2) is 34.6 Å². The highest BCUT2D eigenvalue weighted by Gasteiger charge is 2.14. The van der Waals surface area contributed by atoms with Gasteiger partial charge in [0.05, 0.1) is 0 Å². The quantitative estimate of drug-likeness (QED) is 0.728. The van der Waals surface area contributed by atoms with Crippen LogP contribution in [0.3, 0.4) is 0 Å². The van der Waals surface area contributed by atoms with Gasteiger partial charge in [-0.15, -0.1) is 0 Å². The third kappa shape index (κ3) is 3.34. The Bertz CT molecular complexity index is 838. The van der Waals surface area contributed by atoms with E-state index in [1.807, 2.05) is 42.6 Å². The summed E-state index contributed by atoms with van der Waals surface area (Å²) in [5.74, 6) is 0.937. The van der Waals surface area contributed by atoms with Gasteiger partial charge in [-0.2, -0.15) is 0 Å². The molecule has 1 N–H and O–H groups in total. The maximum absolute atomic E-state index is 5.84. The first-order valence-corrected chi connectivity index (χ1v) is 8.37. The number of rotatable bonds is 5. The summed E-state index contributed by atoms with van der Waals surface area (Å²) in [6.07, 6.45) is 7.27. The summed E-state index contributed by atoms with van der Waals surface area (Å²) >= 11 is 0. The molecular formula is C20H21N3O. The number of H-pyrrole nitrogens is 1. The molecule has 0 fully saturated rings. The predicted octanol–water partition coefficient (Wildman–Crippen LogP) is 3.77. The molecule has 4 nitrogen and oxygen atoms in total. The number of aromatic nitrogens is 2. The molecule has 0 aliphatic carbocycles. The van der Waals surface area contributed by atoms with Gasteiger partial charge in [0, 0.05) is 37.4 Å². The van der Waals surface area contributed by atoms with E-state index >= 15 is 0 Å². The number of para-hydroxylation sites is 1. The van der Waals surface area contributed by atoms with E-state index in [1.165, 1.54) is 16.5 Å². The van der Waals surface area contributed by atoms with Crippen LogP contribution in [0.1, 0.15) is 12.0 Å². The summed E-state index contributed by atoms with van der Waals surface area (Å²) < 4.78 is 5.84. The van der Waals surface area contributed by atoms with Crippen LogP contribution in [0.4, 0.5) is 0 Å². The van der Waals surface area contributed by atoms with Crippen LogP contribution in [0.15, 0.2) is 66.5 Å². The Morgan fingerprint density at radius 2 is 2.04 bits per heavy atom. The molecule has 122 valence electrons. The van der Waals surface area contributed by atoms with E-state index in [0.29, 0.717) is 6.61 Å². The number of nitrogens with one attached hydrogen (secondary N) is 1. The molecular weight excluding hydrogens is 298 g/mol. The lowest BCUT2D eigenvalue weighted by atomic mass is 10.1. The van der Waals surface area contributed by atoms with Gasteiger partial charge in [0.15, 0.2) is 0 Å². The summed E-state index contributed by atoms with van der Waals surface area (Å²) in [5.41, 5.74) is 3.67. The number of hydrogen-bond acceptors (Lipinski definition) is 3. The normalized spacial score (nSPS) is 15.4. The second kappa shape index (κ2) is 6.89. The fraction of sp³-hybridized carbons (Fsp3) is 0.250. The Hall–Kier alpha value is -2.59. The lowest BCUT2D eigenvalue weighted by Gasteiger charge is -2.26. The summed E-state index contributed by atoms with van der Waals surface area (Å²) in [5, 5.41) is 1.22. The Morgan fingerprint density at radius 3 is 2.88 bits per heavy atom. The topological polar surface area (TPSA) is 41.1 Å². The number of aromatic amines is 1. The van der Waals surface area contributed by atoms with Crippen molar-refractivity contribution in [1.29, 1.82) is 0 Å². The second-order valence-electron chi connectivity index (χ2n) is 6.16. The minimum absolute atomic E-state index is 0.689. The maximum atomic E-state index is 5.84. The van der Waals surface area contributed by atoms with E-state index in [0.717, 1.165) is 37.5 Å². The van der Waals surface area contributed by atoms with E-state index in [2.05, 4.69) is 33.2 Å².